The third-order valence-electron chi connectivity index (χ3n) is 5.53. The van der Waals surface area contributed by atoms with Gasteiger partial charge in [-0.2, -0.15) is 0 Å². The molecule has 0 radical (unpaired) electrons. The Kier molecular flexibility index (Phi) is 5.33. The molecule has 3 fully saturated rings. The first-order valence-electron chi connectivity index (χ1n) is 10.2. The molecule has 2 aromatic rings. The highest BCUT2D eigenvalue weighted by Crippen LogP contribution is 2.44. The minimum atomic E-state index is -0.730. The van der Waals surface area contributed by atoms with Gasteiger partial charge in [-0.3, -0.25) is 9.69 Å². The second-order valence-electron chi connectivity index (χ2n) is 8.13. The van der Waals surface area contributed by atoms with Crippen LogP contribution in [0.15, 0.2) is 60.7 Å². The maximum atomic E-state index is 12.7. The van der Waals surface area contributed by atoms with Crippen molar-refractivity contribution >= 4 is 23.4 Å². The van der Waals surface area contributed by atoms with E-state index in [-0.39, 0.29) is 29.6 Å². The Morgan fingerprint density at radius 1 is 1.03 bits per heavy atom. The summed E-state index contributed by atoms with van der Waals surface area (Å²) in [6.45, 7) is 4.19. The molecule has 3 aliphatic heterocycles. The Morgan fingerprint density at radius 3 is 2.47 bits per heavy atom. The highest BCUT2D eigenvalue weighted by atomic mass is 32.2. The molecule has 0 unspecified atom stereocenters. The van der Waals surface area contributed by atoms with Crippen LogP contribution in [-0.4, -0.2) is 47.4 Å². The van der Waals surface area contributed by atoms with Crippen LogP contribution in [-0.2, 0) is 30.3 Å². The van der Waals surface area contributed by atoms with Crippen LogP contribution in [0.2, 0.25) is 0 Å². The first-order chi connectivity index (χ1) is 14.5. The van der Waals surface area contributed by atoms with Gasteiger partial charge in [0.05, 0.1) is 12.4 Å². The van der Waals surface area contributed by atoms with Gasteiger partial charge < -0.3 is 18.9 Å². The molecule has 0 N–H and O–H groups in total. The predicted octanol–water partition coefficient (Wildman–Crippen LogP) is 3.55. The summed E-state index contributed by atoms with van der Waals surface area (Å²) in [7, 11) is 0. The van der Waals surface area contributed by atoms with E-state index in [0.717, 1.165) is 11.3 Å². The maximum Gasteiger partial charge on any atom is 0.238 e. The fourth-order valence-electron chi connectivity index (χ4n) is 4.25. The normalized spacial score (nSPS) is 32.5. The molecule has 158 valence electrons. The molecule has 1 amide bonds. The summed E-state index contributed by atoms with van der Waals surface area (Å²) >= 11 is 1.57. The largest absolute Gasteiger partial charge is 0.368 e. The summed E-state index contributed by atoms with van der Waals surface area (Å²) in [5, 5.41) is -0.207. The van der Waals surface area contributed by atoms with Gasteiger partial charge in [-0.15, -0.1) is 11.8 Å². The van der Waals surface area contributed by atoms with Gasteiger partial charge in [0.2, 0.25) is 5.91 Å². The van der Waals surface area contributed by atoms with Gasteiger partial charge >= 0.3 is 0 Å². The number of hydrogen-bond acceptors (Lipinski definition) is 6. The lowest BCUT2D eigenvalue weighted by Gasteiger charge is -2.33. The fraction of sp³-hybridized carbons (Fsp3) is 0.435. The maximum absolute atomic E-state index is 12.7. The third kappa shape index (κ3) is 3.76. The molecule has 2 aromatic carbocycles. The zero-order valence-electron chi connectivity index (χ0n) is 17.0. The summed E-state index contributed by atoms with van der Waals surface area (Å²) < 4.78 is 24.8. The Morgan fingerprint density at radius 2 is 1.73 bits per heavy atom. The molecule has 7 heteroatoms. The standard InChI is InChI=1S/C23H25NO5S/c1-23(2)28-20-18(26-13-15-9-5-3-6-10-15)19(27-22(20)29-23)21-24(17(25)14-30-21)16-11-7-4-8-12-16/h3-12,18-22H,13-14H2,1-2H3/t18-,19-,20-,21-,22-/m1/s1. The van der Waals surface area contributed by atoms with E-state index in [1.807, 2.05) is 79.4 Å². The Hall–Kier alpha value is -1.90. The quantitative estimate of drug-likeness (QED) is 0.727. The summed E-state index contributed by atoms with van der Waals surface area (Å²) in [4.78, 5) is 14.5. The zero-order valence-corrected chi connectivity index (χ0v) is 17.8. The van der Waals surface area contributed by atoms with Gasteiger partial charge in [0.1, 0.15) is 23.7 Å². The van der Waals surface area contributed by atoms with Crippen LogP contribution in [0.3, 0.4) is 0 Å². The van der Waals surface area contributed by atoms with Crippen molar-refractivity contribution < 1.29 is 23.7 Å². The SMILES string of the molecule is CC1(C)O[C@H]2O[C@@H]([C@H]3SCC(=O)N3c3ccccc3)[C@@H](OCc3ccccc3)[C@H]2O1. The molecule has 5 atom stereocenters. The first-order valence-corrected chi connectivity index (χ1v) is 11.2. The van der Waals surface area contributed by atoms with E-state index in [1.54, 1.807) is 11.8 Å². The molecule has 0 saturated carbocycles. The number of rotatable bonds is 5. The van der Waals surface area contributed by atoms with Crippen LogP contribution in [0.5, 0.6) is 0 Å². The molecule has 3 aliphatic rings. The molecule has 0 spiro atoms. The number of carbonyl (C=O) groups is 1. The van der Waals surface area contributed by atoms with E-state index in [0.29, 0.717) is 12.4 Å². The molecule has 5 rings (SSSR count). The molecule has 0 aromatic heterocycles. The lowest BCUT2D eigenvalue weighted by molar-refractivity contribution is -0.218. The second-order valence-corrected chi connectivity index (χ2v) is 9.24. The van der Waals surface area contributed by atoms with E-state index < -0.39 is 12.1 Å². The number of carbonyl (C=O) groups excluding carboxylic acids is 1. The highest BCUT2D eigenvalue weighted by Gasteiger charge is 2.59. The smallest absolute Gasteiger partial charge is 0.238 e. The van der Waals surface area contributed by atoms with Gasteiger partial charge in [0, 0.05) is 5.69 Å². The highest BCUT2D eigenvalue weighted by molar-refractivity contribution is 8.01. The minimum absolute atomic E-state index is 0.0702. The average molecular weight is 428 g/mol. The van der Waals surface area contributed by atoms with E-state index >= 15 is 0 Å². The van der Waals surface area contributed by atoms with Crippen LogP contribution in [0.25, 0.3) is 0 Å². The Balaban J connectivity index is 1.41. The number of hydrogen-bond donors (Lipinski definition) is 0. The lowest BCUT2D eigenvalue weighted by Crippen LogP contribution is -2.48. The van der Waals surface area contributed by atoms with E-state index in [1.165, 1.54) is 0 Å². The van der Waals surface area contributed by atoms with Crippen LogP contribution >= 0.6 is 11.8 Å². The Bertz CT molecular complexity index is 893. The second kappa shape index (κ2) is 7.98. The van der Waals surface area contributed by atoms with E-state index in [2.05, 4.69) is 0 Å². The number of ether oxygens (including phenoxy) is 4. The van der Waals surface area contributed by atoms with Crippen molar-refractivity contribution in [2.24, 2.45) is 0 Å². The zero-order chi connectivity index (χ0) is 20.7. The van der Waals surface area contributed by atoms with Crippen molar-refractivity contribution in [1.82, 2.24) is 0 Å². The van der Waals surface area contributed by atoms with Gasteiger partial charge in [-0.1, -0.05) is 48.5 Å². The van der Waals surface area contributed by atoms with Gasteiger partial charge in [-0.05, 0) is 31.5 Å². The fourth-order valence-corrected chi connectivity index (χ4v) is 5.50. The van der Waals surface area contributed by atoms with Gasteiger partial charge in [-0.25, -0.2) is 0 Å². The summed E-state index contributed by atoms with van der Waals surface area (Å²) in [5.74, 6) is -0.249. The van der Waals surface area contributed by atoms with E-state index in [4.69, 9.17) is 18.9 Å². The lowest BCUT2D eigenvalue weighted by atomic mass is 10.1. The first kappa shape index (κ1) is 20.0. The number of nitrogens with zero attached hydrogens (tertiary/aromatic N) is 1. The van der Waals surface area contributed by atoms with Crippen LogP contribution in [0, 0.1) is 0 Å². The monoisotopic (exact) mass is 427 g/mol. The molecule has 6 nitrogen and oxygen atoms in total. The summed E-state index contributed by atoms with van der Waals surface area (Å²) in [6, 6.07) is 19.7. The number of anilines is 1. The molecule has 0 bridgehead atoms. The van der Waals surface area contributed by atoms with Crippen molar-refractivity contribution in [3.63, 3.8) is 0 Å². The summed E-state index contributed by atoms with van der Waals surface area (Å²) in [5.41, 5.74) is 1.94. The van der Waals surface area contributed by atoms with E-state index in [9.17, 15) is 4.79 Å². The number of amides is 1. The minimum Gasteiger partial charge on any atom is -0.368 e. The predicted molar refractivity (Wildman–Crippen MR) is 114 cm³/mol. The van der Waals surface area contributed by atoms with Crippen molar-refractivity contribution in [3.05, 3.63) is 66.2 Å². The molecule has 3 heterocycles. The third-order valence-corrected chi connectivity index (χ3v) is 6.76. The van der Waals surface area contributed by atoms with Crippen molar-refractivity contribution in [2.75, 3.05) is 10.7 Å². The topological polar surface area (TPSA) is 57.2 Å². The van der Waals surface area contributed by atoms with Crippen molar-refractivity contribution in [1.29, 1.82) is 0 Å². The molecule has 0 aliphatic carbocycles. The summed E-state index contributed by atoms with van der Waals surface area (Å²) in [6.07, 6.45) is -1.58. The van der Waals surface area contributed by atoms with Crippen LogP contribution < -0.4 is 4.90 Å². The molecule has 3 saturated heterocycles. The molecular formula is C23H25NO5S. The van der Waals surface area contributed by atoms with Crippen LogP contribution in [0.4, 0.5) is 5.69 Å². The number of para-hydroxylation sites is 1. The van der Waals surface area contributed by atoms with Crippen molar-refractivity contribution in [2.45, 2.75) is 56.2 Å². The number of fused-ring (bicyclic) bond motifs is 1. The molecular weight excluding hydrogens is 402 g/mol. The number of benzene rings is 2. The van der Waals surface area contributed by atoms with Crippen molar-refractivity contribution in [3.8, 4) is 0 Å². The van der Waals surface area contributed by atoms with Gasteiger partial charge in [0.15, 0.2) is 12.1 Å². The number of thioether (sulfide) groups is 1. The van der Waals surface area contributed by atoms with Crippen LogP contribution in [0.1, 0.15) is 19.4 Å². The average Bonchev–Trinajstić information content (AvgIpc) is 3.37. The molecule has 30 heavy (non-hydrogen) atoms. The Labute approximate surface area is 180 Å². The van der Waals surface area contributed by atoms with Gasteiger partial charge in [0.25, 0.3) is 0 Å².